The van der Waals surface area contributed by atoms with Crippen LogP contribution in [0.25, 0.3) is 0 Å². The first-order valence-corrected chi connectivity index (χ1v) is 5.46. The summed E-state index contributed by atoms with van der Waals surface area (Å²) in [4.78, 5) is 0. The van der Waals surface area contributed by atoms with E-state index in [1.54, 1.807) is 0 Å². The van der Waals surface area contributed by atoms with E-state index < -0.39 is 5.79 Å². The molecule has 0 saturated carbocycles. The average Bonchev–Trinajstić information content (AvgIpc) is 2.41. The lowest BCUT2D eigenvalue weighted by molar-refractivity contribution is -0.144. The number of rotatable bonds is 2. The average molecular weight is 206 g/mol. The van der Waals surface area contributed by atoms with Gasteiger partial charge in [-0.15, -0.1) is 0 Å². The van der Waals surface area contributed by atoms with Crippen LogP contribution in [-0.2, 0) is 15.9 Å². The Morgan fingerprint density at radius 1 is 1.13 bits per heavy atom. The minimum atomic E-state index is -0.432. The van der Waals surface area contributed by atoms with Crippen LogP contribution in [0.4, 0.5) is 0 Å². The predicted octanol–water partition coefficient (Wildman–Crippen LogP) is 2.77. The van der Waals surface area contributed by atoms with E-state index in [9.17, 15) is 0 Å². The Morgan fingerprint density at radius 3 is 2.33 bits per heavy atom. The van der Waals surface area contributed by atoms with Crippen molar-refractivity contribution in [2.24, 2.45) is 0 Å². The lowest BCUT2D eigenvalue weighted by Gasteiger charge is -2.16. The van der Waals surface area contributed by atoms with Gasteiger partial charge in [-0.2, -0.15) is 0 Å². The molecule has 2 atom stereocenters. The van der Waals surface area contributed by atoms with Crippen LogP contribution >= 0.6 is 0 Å². The zero-order valence-electron chi connectivity index (χ0n) is 9.57. The molecule has 0 amide bonds. The second kappa shape index (κ2) is 3.95. The third-order valence-electron chi connectivity index (χ3n) is 2.71. The van der Waals surface area contributed by atoms with E-state index in [2.05, 4.69) is 31.2 Å². The summed E-state index contributed by atoms with van der Waals surface area (Å²) in [6, 6.07) is 10.4. The molecular weight excluding hydrogens is 188 g/mol. The van der Waals surface area contributed by atoms with Crippen LogP contribution in [0.5, 0.6) is 0 Å². The van der Waals surface area contributed by atoms with Gasteiger partial charge in [0.1, 0.15) is 0 Å². The van der Waals surface area contributed by atoms with Crippen LogP contribution in [0.2, 0.25) is 0 Å². The molecule has 1 aliphatic heterocycles. The molecular formula is C13H18O2. The van der Waals surface area contributed by atoms with Gasteiger partial charge >= 0.3 is 0 Å². The summed E-state index contributed by atoms with van der Waals surface area (Å²) in [5.41, 5.74) is 1.30. The molecule has 1 fully saturated rings. The Labute approximate surface area is 91.2 Å². The van der Waals surface area contributed by atoms with Gasteiger partial charge in [-0.05, 0) is 26.3 Å². The maximum absolute atomic E-state index is 5.84. The minimum absolute atomic E-state index is 0.167. The molecule has 1 heterocycles. The summed E-state index contributed by atoms with van der Waals surface area (Å²) in [5, 5.41) is 0. The second-order valence-corrected chi connectivity index (χ2v) is 4.57. The summed E-state index contributed by atoms with van der Waals surface area (Å²) >= 11 is 0. The fourth-order valence-electron chi connectivity index (χ4n) is 2.07. The molecule has 2 heteroatoms. The van der Waals surface area contributed by atoms with E-state index in [0.29, 0.717) is 0 Å². The SMILES string of the molecule is C[C@H]1OC(C)(C)O[C@@H]1Cc1ccccc1. The molecule has 0 spiro atoms. The molecule has 2 rings (SSSR count). The van der Waals surface area contributed by atoms with Gasteiger partial charge in [0.15, 0.2) is 5.79 Å². The lowest BCUT2D eigenvalue weighted by Crippen LogP contribution is -2.23. The van der Waals surface area contributed by atoms with Crippen LogP contribution in [0.3, 0.4) is 0 Å². The van der Waals surface area contributed by atoms with Crippen molar-refractivity contribution < 1.29 is 9.47 Å². The molecule has 0 aliphatic carbocycles. The van der Waals surface area contributed by atoms with Crippen molar-refractivity contribution >= 4 is 0 Å². The molecule has 1 aliphatic rings. The Kier molecular flexibility index (Phi) is 2.81. The van der Waals surface area contributed by atoms with Crippen molar-refractivity contribution in [1.82, 2.24) is 0 Å². The highest BCUT2D eigenvalue weighted by Gasteiger charge is 2.38. The molecule has 0 unspecified atom stereocenters. The fourth-order valence-corrected chi connectivity index (χ4v) is 2.07. The summed E-state index contributed by atoms with van der Waals surface area (Å²) in [6.45, 7) is 6.01. The van der Waals surface area contributed by atoms with Crippen LogP contribution < -0.4 is 0 Å². The van der Waals surface area contributed by atoms with Crippen LogP contribution in [0.15, 0.2) is 30.3 Å². The van der Waals surface area contributed by atoms with E-state index in [1.165, 1.54) is 5.56 Å². The van der Waals surface area contributed by atoms with Gasteiger partial charge in [-0.1, -0.05) is 30.3 Å². The third-order valence-corrected chi connectivity index (χ3v) is 2.71. The third kappa shape index (κ3) is 2.58. The molecule has 1 saturated heterocycles. The monoisotopic (exact) mass is 206 g/mol. The van der Waals surface area contributed by atoms with Gasteiger partial charge in [0.25, 0.3) is 0 Å². The van der Waals surface area contributed by atoms with Gasteiger partial charge in [-0.25, -0.2) is 0 Å². The minimum Gasteiger partial charge on any atom is -0.345 e. The molecule has 0 aromatic heterocycles. The Hall–Kier alpha value is -0.860. The first-order valence-electron chi connectivity index (χ1n) is 5.46. The smallest absolute Gasteiger partial charge is 0.163 e. The first kappa shape index (κ1) is 10.7. The van der Waals surface area contributed by atoms with E-state index >= 15 is 0 Å². The van der Waals surface area contributed by atoms with Gasteiger partial charge in [0, 0.05) is 6.42 Å². The van der Waals surface area contributed by atoms with E-state index in [1.807, 2.05) is 19.9 Å². The maximum atomic E-state index is 5.84. The van der Waals surface area contributed by atoms with Gasteiger partial charge in [0.05, 0.1) is 12.2 Å². The summed E-state index contributed by atoms with van der Waals surface area (Å²) in [6.07, 6.45) is 1.26. The number of benzene rings is 1. The zero-order chi connectivity index (χ0) is 10.9. The van der Waals surface area contributed by atoms with Crippen LogP contribution in [0.1, 0.15) is 26.3 Å². The largest absolute Gasteiger partial charge is 0.345 e. The highest BCUT2D eigenvalue weighted by atomic mass is 16.7. The highest BCUT2D eigenvalue weighted by molar-refractivity contribution is 5.16. The lowest BCUT2D eigenvalue weighted by atomic mass is 10.1. The number of ether oxygens (including phenoxy) is 2. The molecule has 1 aromatic rings. The van der Waals surface area contributed by atoms with Crippen molar-refractivity contribution in [1.29, 1.82) is 0 Å². The summed E-state index contributed by atoms with van der Waals surface area (Å²) < 4.78 is 11.6. The van der Waals surface area contributed by atoms with Crippen LogP contribution in [-0.4, -0.2) is 18.0 Å². The van der Waals surface area contributed by atoms with Crippen molar-refractivity contribution in [3.05, 3.63) is 35.9 Å². The Bertz CT molecular complexity index is 319. The zero-order valence-corrected chi connectivity index (χ0v) is 9.57. The Morgan fingerprint density at radius 2 is 1.80 bits per heavy atom. The summed E-state index contributed by atoms with van der Waals surface area (Å²) in [5.74, 6) is -0.432. The molecule has 15 heavy (non-hydrogen) atoms. The van der Waals surface area contributed by atoms with Gasteiger partial charge in [0.2, 0.25) is 0 Å². The van der Waals surface area contributed by atoms with Crippen molar-refractivity contribution in [2.75, 3.05) is 0 Å². The Balaban J connectivity index is 2.02. The molecule has 1 aromatic carbocycles. The van der Waals surface area contributed by atoms with Crippen molar-refractivity contribution in [3.63, 3.8) is 0 Å². The van der Waals surface area contributed by atoms with Crippen molar-refractivity contribution in [2.45, 2.75) is 45.2 Å². The second-order valence-electron chi connectivity index (χ2n) is 4.57. The number of hydrogen-bond donors (Lipinski definition) is 0. The standard InChI is InChI=1S/C13H18O2/c1-10-12(15-13(2,3)14-10)9-11-7-5-4-6-8-11/h4-8,10,12H,9H2,1-3H3/t10-,12-/m1/s1. The van der Waals surface area contributed by atoms with E-state index in [-0.39, 0.29) is 12.2 Å². The molecule has 82 valence electrons. The quantitative estimate of drug-likeness (QED) is 0.740. The van der Waals surface area contributed by atoms with Crippen LogP contribution in [0, 0.1) is 0 Å². The molecule has 2 nitrogen and oxygen atoms in total. The first-order chi connectivity index (χ1) is 7.07. The fraction of sp³-hybridized carbons (Fsp3) is 0.538. The van der Waals surface area contributed by atoms with Gasteiger partial charge in [-0.3, -0.25) is 0 Å². The van der Waals surface area contributed by atoms with Crippen molar-refractivity contribution in [3.8, 4) is 0 Å². The molecule has 0 bridgehead atoms. The topological polar surface area (TPSA) is 18.5 Å². The maximum Gasteiger partial charge on any atom is 0.163 e. The summed E-state index contributed by atoms with van der Waals surface area (Å²) in [7, 11) is 0. The molecule has 0 radical (unpaired) electrons. The van der Waals surface area contributed by atoms with Gasteiger partial charge < -0.3 is 9.47 Å². The number of hydrogen-bond acceptors (Lipinski definition) is 2. The molecule has 0 N–H and O–H groups in total. The normalized spacial score (nSPS) is 29.3. The predicted molar refractivity (Wildman–Crippen MR) is 59.6 cm³/mol. The van der Waals surface area contributed by atoms with E-state index in [4.69, 9.17) is 9.47 Å². The van der Waals surface area contributed by atoms with E-state index in [0.717, 1.165) is 6.42 Å². The highest BCUT2D eigenvalue weighted by Crippen LogP contribution is 2.29.